The van der Waals surface area contributed by atoms with Crippen LogP contribution in [-0.4, -0.2) is 22.6 Å². The highest BCUT2D eigenvalue weighted by Gasteiger charge is 2.05. The Balaban J connectivity index is 1.44. The maximum atomic E-state index is 5.67. The van der Waals surface area contributed by atoms with Gasteiger partial charge in [-0.15, -0.1) is 10.2 Å². The first-order valence-electron chi connectivity index (χ1n) is 7.83. The fourth-order valence-electron chi connectivity index (χ4n) is 2.07. The van der Waals surface area contributed by atoms with Crippen LogP contribution in [0.3, 0.4) is 0 Å². The number of thioether (sulfide) groups is 1. The summed E-state index contributed by atoms with van der Waals surface area (Å²) < 4.78 is 6.62. The number of aryl methyl sites for hydroxylation is 1. The van der Waals surface area contributed by atoms with Crippen LogP contribution in [-0.2, 0) is 6.42 Å². The molecule has 124 valence electrons. The van der Waals surface area contributed by atoms with Gasteiger partial charge >= 0.3 is 0 Å². The van der Waals surface area contributed by atoms with Crippen LogP contribution >= 0.6 is 23.1 Å². The number of benzene rings is 2. The van der Waals surface area contributed by atoms with E-state index in [9.17, 15) is 0 Å². The number of hydrogen-bond donors (Lipinski definition) is 1. The number of nitrogens with zero attached hydrogens (tertiary/aromatic N) is 2. The van der Waals surface area contributed by atoms with Crippen LogP contribution in [0.25, 0.3) is 0 Å². The second-order valence-corrected chi connectivity index (χ2v) is 7.38. The van der Waals surface area contributed by atoms with E-state index in [0.29, 0.717) is 6.61 Å². The number of nitrogens with one attached hydrogen (secondary N) is 1. The van der Waals surface area contributed by atoms with Crippen molar-refractivity contribution in [2.75, 3.05) is 17.7 Å². The van der Waals surface area contributed by atoms with Gasteiger partial charge in [-0.2, -0.15) is 0 Å². The maximum absolute atomic E-state index is 5.67. The molecule has 2 aromatic carbocycles. The molecule has 3 aromatic rings. The van der Waals surface area contributed by atoms with Gasteiger partial charge in [-0.3, -0.25) is 0 Å². The summed E-state index contributed by atoms with van der Waals surface area (Å²) in [7, 11) is 0. The van der Waals surface area contributed by atoms with Crippen molar-refractivity contribution in [2.45, 2.75) is 17.7 Å². The van der Waals surface area contributed by atoms with Gasteiger partial charge in [0.15, 0.2) is 4.34 Å². The first-order chi connectivity index (χ1) is 11.8. The fourth-order valence-corrected chi connectivity index (χ4v) is 3.73. The molecule has 6 heteroatoms. The van der Waals surface area contributed by atoms with E-state index in [0.717, 1.165) is 33.1 Å². The van der Waals surface area contributed by atoms with Crippen LogP contribution in [0.4, 0.5) is 10.8 Å². The predicted molar refractivity (Wildman–Crippen MR) is 102 cm³/mol. The van der Waals surface area contributed by atoms with Gasteiger partial charge in [-0.25, -0.2) is 0 Å². The molecule has 0 bridgehead atoms. The van der Waals surface area contributed by atoms with Crippen molar-refractivity contribution >= 4 is 33.9 Å². The Kier molecular flexibility index (Phi) is 6.09. The van der Waals surface area contributed by atoms with Crippen molar-refractivity contribution in [3.63, 3.8) is 0 Å². The van der Waals surface area contributed by atoms with Gasteiger partial charge in [-0.05, 0) is 36.2 Å². The van der Waals surface area contributed by atoms with Crippen molar-refractivity contribution in [3.8, 4) is 5.75 Å². The molecule has 24 heavy (non-hydrogen) atoms. The zero-order chi connectivity index (χ0) is 16.6. The highest BCUT2D eigenvalue weighted by atomic mass is 32.2. The number of hydrogen-bond acceptors (Lipinski definition) is 6. The largest absolute Gasteiger partial charge is 0.493 e. The summed E-state index contributed by atoms with van der Waals surface area (Å²) in [5.74, 6) is 1.74. The van der Waals surface area contributed by atoms with Gasteiger partial charge in [0.25, 0.3) is 0 Å². The van der Waals surface area contributed by atoms with Crippen molar-refractivity contribution < 1.29 is 4.74 Å². The molecule has 0 fully saturated rings. The van der Waals surface area contributed by atoms with Crippen molar-refractivity contribution in [1.29, 1.82) is 0 Å². The van der Waals surface area contributed by atoms with Crippen LogP contribution in [0.5, 0.6) is 5.75 Å². The number of ether oxygens (including phenoxy) is 1. The van der Waals surface area contributed by atoms with Crippen molar-refractivity contribution in [2.24, 2.45) is 0 Å². The van der Waals surface area contributed by atoms with E-state index in [1.807, 2.05) is 30.3 Å². The zero-order valence-electron chi connectivity index (χ0n) is 13.4. The number of para-hydroxylation sites is 1. The lowest BCUT2D eigenvalue weighted by Crippen LogP contribution is -1.99. The monoisotopic (exact) mass is 357 g/mol. The zero-order valence-corrected chi connectivity index (χ0v) is 15.1. The maximum Gasteiger partial charge on any atom is 0.210 e. The standard InChI is InChI=1S/C18H19N3OS2/c1-2-14-8-10-15(11-9-14)19-17-20-21-18(24-17)23-13-12-22-16-6-4-3-5-7-16/h3-11H,2,12-13H2,1H3,(H,19,20). The second-order valence-electron chi connectivity index (χ2n) is 5.06. The fraction of sp³-hybridized carbons (Fsp3) is 0.222. The van der Waals surface area contributed by atoms with E-state index in [1.54, 1.807) is 23.1 Å². The Morgan fingerprint density at radius 2 is 1.83 bits per heavy atom. The van der Waals surface area contributed by atoms with Gasteiger partial charge in [-0.1, -0.05) is 60.4 Å². The molecule has 4 nitrogen and oxygen atoms in total. The van der Waals surface area contributed by atoms with Crippen molar-refractivity contribution in [3.05, 3.63) is 60.2 Å². The predicted octanol–water partition coefficient (Wildman–Crippen LogP) is 5.02. The summed E-state index contributed by atoms with van der Waals surface area (Å²) in [5.41, 5.74) is 2.36. The summed E-state index contributed by atoms with van der Waals surface area (Å²) >= 11 is 3.22. The molecule has 1 aromatic heterocycles. The lowest BCUT2D eigenvalue weighted by Gasteiger charge is -2.04. The Morgan fingerprint density at radius 1 is 1.04 bits per heavy atom. The van der Waals surface area contributed by atoms with Crippen LogP contribution in [0, 0.1) is 0 Å². The summed E-state index contributed by atoms with van der Waals surface area (Å²) in [6.07, 6.45) is 1.05. The van der Waals surface area contributed by atoms with Gasteiger partial charge in [0.2, 0.25) is 5.13 Å². The smallest absolute Gasteiger partial charge is 0.210 e. The van der Waals surface area contributed by atoms with E-state index in [2.05, 4.69) is 46.7 Å². The van der Waals surface area contributed by atoms with E-state index in [-0.39, 0.29) is 0 Å². The first kappa shape index (κ1) is 16.8. The lowest BCUT2D eigenvalue weighted by molar-refractivity contribution is 0.344. The molecule has 0 saturated heterocycles. The Hall–Kier alpha value is -2.05. The van der Waals surface area contributed by atoms with Gasteiger partial charge in [0.05, 0.1) is 6.61 Å². The molecule has 0 spiro atoms. The quantitative estimate of drug-likeness (QED) is 0.453. The van der Waals surface area contributed by atoms with Crippen LogP contribution in [0.15, 0.2) is 58.9 Å². The molecule has 0 radical (unpaired) electrons. The third-order valence-corrected chi connectivity index (χ3v) is 5.28. The highest BCUT2D eigenvalue weighted by molar-refractivity contribution is 8.01. The van der Waals surface area contributed by atoms with Crippen LogP contribution in [0.2, 0.25) is 0 Å². The summed E-state index contributed by atoms with van der Waals surface area (Å²) in [5, 5.41) is 12.5. The van der Waals surface area contributed by atoms with Gasteiger partial charge < -0.3 is 10.1 Å². The first-order valence-corrected chi connectivity index (χ1v) is 9.64. The van der Waals surface area contributed by atoms with Gasteiger partial charge in [0.1, 0.15) is 5.75 Å². The van der Waals surface area contributed by atoms with Crippen LogP contribution < -0.4 is 10.1 Å². The highest BCUT2D eigenvalue weighted by Crippen LogP contribution is 2.27. The average molecular weight is 358 g/mol. The van der Waals surface area contributed by atoms with Crippen LogP contribution in [0.1, 0.15) is 12.5 Å². The summed E-state index contributed by atoms with van der Waals surface area (Å²) in [6, 6.07) is 18.2. The van der Waals surface area contributed by atoms with E-state index >= 15 is 0 Å². The third-order valence-electron chi connectivity index (χ3n) is 3.34. The molecule has 0 unspecified atom stereocenters. The van der Waals surface area contributed by atoms with E-state index in [1.165, 1.54) is 5.56 Å². The third kappa shape index (κ3) is 4.97. The molecule has 3 rings (SSSR count). The molecular formula is C18H19N3OS2. The molecule has 1 heterocycles. The number of rotatable bonds is 8. The van der Waals surface area contributed by atoms with Crippen molar-refractivity contribution in [1.82, 2.24) is 10.2 Å². The van der Waals surface area contributed by atoms with Gasteiger partial charge in [0, 0.05) is 11.4 Å². The summed E-state index contributed by atoms with van der Waals surface area (Å²) in [6.45, 7) is 2.80. The Bertz CT molecular complexity index is 744. The normalized spacial score (nSPS) is 10.5. The number of aromatic nitrogens is 2. The molecule has 0 aliphatic heterocycles. The van der Waals surface area contributed by atoms with E-state index < -0.39 is 0 Å². The average Bonchev–Trinajstić information content (AvgIpc) is 3.08. The second kappa shape index (κ2) is 8.70. The lowest BCUT2D eigenvalue weighted by atomic mass is 10.1. The minimum absolute atomic E-state index is 0.648. The topological polar surface area (TPSA) is 47.0 Å². The van der Waals surface area contributed by atoms with E-state index in [4.69, 9.17) is 4.74 Å². The summed E-state index contributed by atoms with van der Waals surface area (Å²) in [4.78, 5) is 0. The molecule has 0 amide bonds. The molecule has 0 saturated carbocycles. The molecule has 0 atom stereocenters. The number of anilines is 2. The molecule has 1 N–H and O–H groups in total. The SMILES string of the molecule is CCc1ccc(Nc2nnc(SCCOc3ccccc3)s2)cc1. The minimum Gasteiger partial charge on any atom is -0.493 e. The molecular weight excluding hydrogens is 338 g/mol. The Labute approximate surface area is 150 Å². The molecule has 0 aliphatic rings. The molecule has 0 aliphatic carbocycles. The Morgan fingerprint density at radius 3 is 2.58 bits per heavy atom. The minimum atomic E-state index is 0.648.